The minimum atomic E-state index is 0.0786. The van der Waals surface area contributed by atoms with Crippen LogP contribution in [0.25, 0.3) is 0 Å². The van der Waals surface area contributed by atoms with Crippen LogP contribution in [-0.2, 0) is 11.8 Å². The van der Waals surface area contributed by atoms with E-state index in [1.807, 2.05) is 13.8 Å². The quantitative estimate of drug-likeness (QED) is 0.687. The maximum Gasteiger partial charge on any atom is 0.216 e. The molecule has 0 unspecified atom stereocenters. The van der Waals surface area contributed by atoms with Crippen molar-refractivity contribution in [2.24, 2.45) is 0 Å². The number of aromatic nitrogens is 1. The monoisotopic (exact) mass is 265 g/mol. The predicted molar refractivity (Wildman–Crippen MR) is 84.1 cm³/mol. The second-order valence-electron chi connectivity index (χ2n) is 5.57. The lowest BCUT2D eigenvalue weighted by atomic mass is 9.91. The molecule has 1 rings (SSSR count). The van der Waals surface area contributed by atoms with Crippen LogP contribution in [-0.4, -0.2) is 12.1 Å². The summed E-state index contributed by atoms with van der Waals surface area (Å²) in [5.74, 6) is 0.800. The summed E-state index contributed by atoms with van der Waals surface area (Å²) in [7, 11) is 1.71. The summed E-state index contributed by atoms with van der Waals surface area (Å²) in [4.78, 5) is 4.62. The smallest absolute Gasteiger partial charge is 0.216 e. The molecule has 0 aromatic carbocycles. The van der Waals surface area contributed by atoms with Crippen LogP contribution in [0.15, 0.2) is 12.1 Å². The second kappa shape index (κ2) is 8.95. The number of unbranched alkanes of at least 4 members (excludes halogenated alkanes) is 2. The van der Waals surface area contributed by atoms with Crippen molar-refractivity contribution in [2.45, 2.75) is 72.6 Å². The number of rotatable bonds is 5. The van der Waals surface area contributed by atoms with Crippen LogP contribution in [0.5, 0.6) is 5.88 Å². The Balaban J connectivity index is 0.00000154. The first-order valence-electron chi connectivity index (χ1n) is 7.53. The highest BCUT2D eigenvalue weighted by Crippen LogP contribution is 2.25. The van der Waals surface area contributed by atoms with Gasteiger partial charge in [-0.25, -0.2) is 4.98 Å². The lowest BCUT2D eigenvalue weighted by Crippen LogP contribution is -2.14. The van der Waals surface area contributed by atoms with E-state index in [1.165, 1.54) is 24.8 Å². The Morgan fingerprint density at radius 1 is 1.11 bits per heavy atom. The van der Waals surface area contributed by atoms with Crippen molar-refractivity contribution in [1.29, 1.82) is 0 Å². The molecule has 0 bridgehead atoms. The van der Waals surface area contributed by atoms with Gasteiger partial charge < -0.3 is 4.74 Å². The maximum absolute atomic E-state index is 5.40. The minimum Gasteiger partial charge on any atom is -0.481 e. The van der Waals surface area contributed by atoms with Crippen molar-refractivity contribution >= 4 is 0 Å². The summed E-state index contributed by atoms with van der Waals surface area (Å²) >= 11 is 0. The third kappa shape index (κ3) is 6.09. The summed E-state index contributed by atoms with van der Waals surface area (Å²) in [6.45, 7) is 12.7. The van der Waals surface area contributed by atoms with Gasteiger partial charge in [0.15, 0.2) is 0 Å². The molecule has 1 aromatic heterocycles. The summed E-state index contributed by atoms with van der Waals surface area (Å²) in [6, 6.07) is 4.30. The lowest BCUT2D eigenvalue weighted by Gasteiger charge is -2.19. The zero-order chi connectivity index (χ0) is 14.9. The van der Waals surface area contributed by atoms with Crippen molar-refractivity contribution in [3.63, 3.8) is 0 Å². The van der Waals surface area contributed by atoms with E-state index in [-0.39, 0.29) is 5.41 Å². The van der Waals surface area contributed by atoms with E-state index in [1.54, 1.807) is 7.11 Å². The van der Waals surface area contributed by atoms with E-state index in [9.17, 15) is 0 Å². The number of methoxy groups -OCH3 is 1. The van der Waals surface area contributed by atoms with Crippen molar-refractivity contribution < 1.29 is 4.74 Å². The van der Waals surface area contributed by atoms with Gasteiger partial charge in [-0.1, -0.05) is 60.5 Å². The Morgan fingerprint density at radius 3 is 2.21 bits per heavy atom. The first-order valence-corrected chi connectivity index (χ1v) is 7.53. The van der Waals surface area contributed by atoms with Crippen LogP contribution in [0, 0.1) is 0 Å². The van der Waals surface area contributed by atoms with Gasteiger partial charge in [0.05, 0.1) is 7.11 Å². The number of ether oxygens (including phenoxy) is 1. The molecule has 0 N–H and O–H groups in total. The van der Waals surface area contributed by atoms with Crippen LogP contribution < -0.4 is 4.74 Å². The molecule has 110 valence electrons. The summed E-state index contributed by atoms with van der Waals surface area (Å²) in [6.07, 6.45) is 4.79. The molecule has 0 atom stereocenters. The Labute approximate surface area is 119 Å². The minimum absolute atomic E-state index is 0.0786. The zero-order valence-electron chi connectivity index (χ0n) is 13.8. The van der Waals surface area contributed by atoms with Crippen LogP contribution in [0.2, 0.25) is 0 Å². The molecule has 2 heteroatoms. The van der Waals surface area contributed by atoms with Gasteiger partial charge in [-0.05, 0) is 18.9 Å². The average Bonchev–Trinajstić information content (AvgIpc) is 2.40. The van der Waals surface area contributed by atoms with Gasteiger partial charge in [-0.2, -0.15) is 0 Å². The Bertz CT molecular complexity index is 353. The van der Waals surface area contributed by atoms with Gasteiger partial charge in [0.2, 0.25) is 5.88 Å². The highest BCUT2D eigenvalue weighted by Gasteiger charge is 2.17. The number of hydrogen-bond donors (Lipinski definition) is 0. The largest absolute Gasteiger partial charge is 0.481 e. The third-order valence-electron chi connectivity index (χ3n) is 2.95. The van der Waals surface area contributed by atoms with E-state index in [0.717, 1.165) is 18.0 Å². The van der Waals surface area contributed by atoms with E-state index in [4.69, 9.17) is 4.74 Å². The van der Waals surface area contributed by atoms with Crippen molar-refractivity contribution in [3.8, 4) is 5.88 Å². The second-order valence-corrected chi connectivity index (χ2v) is 5.57. The van der Waals surface area contributed by atoms with Gasteiger partial charge in [0.25, 0.3) is 0 Å². The van der Waals surface area contributed by atoms with E-state index in [0.29, 0.717) is 0 Å². The third-order valence-corrected chi connectivity index (χ3v) is 2.95. The molecule has 1 aromatic rings. The summed E-state index contributed by atoms with van der Waals surface area (Å²) < 4.78 is 5.40. The van der Waals surface area contributed by atoms with E-state index in [2.05, 4.69) is 44.8 Å². The topological polar surface area (TPSA) is 22.1 Å². The molecule has 0 aliphatic carbocycles. The fourth-order valence-electron chi connectivity index (χ4n) is 1.82. The first kappa shape index (κ1) is 17.9. The number of hydrogen-bond acceptors (Lipinski definition) is 2. The van der Waals surface area contributed by atoms with Gasteiger partial charge in [0, 0.05) is 16.7 Å². The Kier molecular flexibility index (Phi) is 8.46. The molecule has 2 nitrogen and oxygen atoms in total. The highest BCUT2D eigenvalue weighted by molar-refractivity contribution is 5.30. The Morgan fingerprint density at radius 2 is 1.74 bits per heavy atom. The summed E-state index contributed by atoms with van der Waals surface area (Å²) in [5, 5.41) is 0. The van der Waals surface area contributed by atoms with E-state index >= 15 is 0 Å². The normalized spacial score (nSPS) is 10.7. The standard InChI is InChI=1S/C15H25NO.C2H6/c1-6-7-8-9-12-10-11-13(15(2,3)4)16-14(12)17-5;1-2/h10-11H,6-9H2,1-5H3;1-2H3. The molecule has 0 saturated carbocycles. The van der Waals surface area contributed by atoms with Crippen LogP contribution in [0.1, 0.15) is 72.1 Å². The number of pyridine rings is 1. The van der Waals surface area contributed by atoms with Crippen LogP contribution in [0.3, 0.4) is 0 Å². The SMILES string of the molecule is CC.CCCCCc1ccc(C(C)(C)C)nc1OC. The predicted octanol–water partition coefficient (Wildman–Crippen LogP) is 5.15. The first-order chi connectivity index (χ1) is 8.99. The van der Waals surface area contributed by atoms with Crippen molar-refractivity contribution in [1.82, 2.24) is 4.98 Å². The molecular formula is C17H31NO. The molecule has 0 fully saturated rings. The molecule has 0 aliphatic heterocycles. The molecule has 0 amide bonds. The Hall–Kier alpha value is -1.05. The van der Waals surface area contributed by atoms with Crippen molar-refractivity contribution in [3.05, 3.63) is 23.4 Å². The van der Waals surface area contributed by atoms with Gasteiger partial charge >= 0.3 is 0 Å². The molecule has 0 aliphatic rings. The molecule has 0 saturated heterocycles. The lowest BCUT2D eigenvalue weighted by molar-refractivity contribution is 0.385. The molecule has 0 radical (unpaired) electrons. The van der Waals surface area contributed by atoms with Crippen molar-refractivity contribution in [2.75, 3.05) is 7.11 Å². The van der Waals surface area contributed by atoms with E-state index < -0.39 is 0 Å². The zero-order valence-corrected chi connectivity index (χ0v) is 13.8. The molecular weight excluding hydrogens is 234 g/mol. The number of nitrogens with zero attached hydrogens (tertiary/aromatic N) is 1. The van der Waals surface area contributed by atoms with Gasteiger partial charge in [-0.3, -0.25) is 0 Å². The highest BCUT2D eigenvalue weighted by atomic mass is 16.5. The number of aryl methyl sites for hydroxylation is 1. The fourth-order valence-corrected chi connectivity index (χ4v) is 1.82. The van der Waals surface area contributed by atoms with Gasteiger partial charge in [0.1, 0.15) is 0 Å². The fraction of sp³-hybridized carbons (Fsp3) is 0.706. The van der Waals surface area contributed by atoms with Crippen LogP contribution >= 0.6 is 0 Å². The molecule has 19 heavy (non-hydrogen) atoms. The van der Waals surface area contributed by atoms with Gasteiger partial charge in [-0.15, -0.1) is 0 Å². The average molecular weight is 265 g/mol. The van der Waals surface area contributed by atoms with Crippen LogP contribution in [0.4, 0.5) is 0 Å². The maximum atomic E-state index is 5.40. The molecule has 1 heterocycles. The molecule has 0 spiro atoms. The summed E-state index contributed by atoms with van der Waals surface area (Å²) in [5.41, 5.74) is 2.40.